The molecule has 0 aliphatic rings. The largest absolute Gasteiger partial charge is 0.494 e. The van der Waals surface area contributed by atoms with Crippen molar-refractivity contribution in [1.82, 2.24) is 0 Å². The zero-order chi connectivity index (χ0) is 14.5. The zero-order valence-electron chi connectivity index (χ0n) is 11.3. The van der Waals surface area contributed by atoms with Crippen molar-refractivity contribution in [3.63, 3.8) is 0 Å². The molecule has 1 aromatic heterocycles. The topological polar surface area (TPSA) is 68.5 Å². The van der Waals surface area contributed by atoms with Crippen LogP contribution in [0, 0.1) is 0 Å². The number of anilines is 1. The van der Waals surface area contributed by atoms with E-state index in [1.807, 2.05) is 6.92 Å². The second kappa shape index (κ2) is 6.06. The van der Waals surface area contributed by atoms with E-state index >= 15 is 0 Å². The lowest BCUT2D eigenvalue weighted by Gasteiger charge is -2.10. The van der Waals surface area contributed by atoms with E-state index < -0.39 is 0 Å². The number of hydrogen-bond acceptors (Lipinski definition) is 4. The minimum absolute atomic E-state index is 0.183. The normalized spacial score (nSPS) is 10.1. The first-order chi connectivity index (χ1) is 9.63. The van der Waals surface area contributed by atoms with Crippen LogP contribution in [0.5, 0.6) is 5.75 Å². The number of nitrogens with one attached hydrogen (secondary N) is 1. The molecule has 1 heterocycles. The zero-order valence-corrected chi connectivity index (χ0v) is 11.3. The number of carbonyl (C=O) groups excluding carboxylic acids is 2. The van der Waals surface area contributed by atoms with Gasteiger partial charge in [-0.05, 0) is 37.3 Å². The highest BCUT2D eigenvalue weighted by Crippen LogP contribution is 2.33. The Morgan fingerprint density at radius 3 is 2.75 bits per heavy atom. The van der Waals surface area contributed by atoms with Crippen molar-refractivity contribution < 1.29 is 18.7 Å². The molecule has 1 N–H and O–H groups in total. The summed E-state index contributed by atoms with van der Waals surface area (Å²) in [5.41, 5.74) is 1.27. The molecular formula is C15H15NO4. The van der Waals surface area contributed by atoms with E-state index in [1.165, 1.54) is 6.92 Å². The van der Waals surface area contributed by atoms with Gasteiger partial charge in [0.25, 0.3) is 0 Å². The summed E-state index contributed by atoms with van der Waals surface area (Å²) in [6, 6.07) is 8.53. The summed E-state index contributed by atoms with van der Waals surface area (Å²) in [7, 11) is 0. The predicted octanol–water partition coefficient (Wildman–Crippen LogP) is 3.12. The summed E-state index contributed by atoms with van der Waals surface area (Å²) in [5, 5.41) is 2.73. The minimum atomic E-state index is -0.183. The van der Waals surface area contributed by atoms with Crippen LogP contribution < -0.4 is 10.1 Å². The Morgan fingerprint density at radius 2 is 2.15 bits per heavy atom. The summed E-state index contributed by atoms with van der Waals surface area (Å²) in [5.74, 6) is 1.21. The Balaban J connectivity index is 2.47. The summed E-state index contributed by atoms with van der Waals surface area (Å²) in [4.78, 5) is 21.9. The molecule has 0 saturated carbocycles. The van der Waals surface area contributed by atoms with Gasteiger partial charge in [-0.2, -0.15) is 0 Å². The quantitative estimate of drug-likeness (QED) is 0.850. The summed E-state index contributed by atoms with van der Waals surface area (Å²) in [6.07, 6.45) is 0.633. The smallest absolute Gasteiger partial charge is 0.221 e. The van der Waals surface area contributed by atoms with E-state index in [2.05, 4.69) is 5.32 Å². The Bertz CT molecular complexity index is 631. The van der Waals surface area contributed by atoms with Crippen LogP contribution in [0.3, 0.4) is 0 Å². The average Bonchev–Trinajstić information content (AvgIpc) is 2.89. The fourth-order valence-electron chi connectivity index (χ4n) is 1.84. The number of amides is 1. The molecule has 104 valence electrons. The molecule has 0 saturated heterocycles. The van der Waals surface area contributed by atoms with Crippen molar-refractivity contribution in [2.75, 3.05) is 11.9 Å². The molecule has 0 aliphatic heterocycles. The van der Waals surface area contributed by atoms with Gasteiger partial charge in [0.15, 0.2) is 12.0 Å². The lowest BCUT2D eigenvalue weighted by Crippen LogP contribution is -2.07. The molecule has 0 bridgehead atoms. The molecule has 0 radical (unpaired) electrons. The van der Waals surface area contributed by atoms with Crippen molar-refractivity contribution in [3.05, 3.63) is 36.1 Å². The van der Waals surface area contributed by atoms with Crippen LogP contribution in [0.4, 0.5) is 5.69 Å². The van der Waals surface area contributed by atoms with Gasteiger partial charge < -0.3 is 14.5 Å². The molecule has 1 aromatic carbocycles. The molecule has 5 nitrogen and oxygen atoms in total. The number of ether oxygens (including phenoxy) is 1. The van der Waals surface area contributed by atoms with Crippen LogP contribution in [0.25, 0.3) is 11.3 Å². The summed E-state index contributed by atoms with van der Waals surface area (Å²) < 4.78 is 10.8. The fraction of sp³-hybridized carbons (Fsp3) is 0.200. The monoisotopic (exact) mass is 273 g/mol. The maximum absolute atomic E-state index is 11.2. The van der Waals surface area contributed by atoms with Crippen LogP contribution in [-0.4, -0.2) is 18.8 Å². The predicted molar refractivity (Wildman–Crippen MR) is 75.0 cm³/mol. The average molecular weight is 273 g/mol. The van der Waals surface area contributed by atoms with Crippen LogP contribution in [0.15, 0.2) is 34.7 Å². The third kappa shape index (κ3) is 3.06. The first kappa shape index (κ1) is 13.9. The van der Waals surface area contributed by atoms with Gasteiger partial charge >= 0.3 is 0 Å². The van der Waals surface area contributed by atoms with Crippen LogP contribution in [0.2, 0.25) is 0 Å². The van der Waals surface area contributed by atoms with Gasteiger partial charge in [0.1, 0.15) is 11.5 Å². The highest BCUT2D eigenvalue weighted by atomic mass is 16.5. The fourth-order valence-corrected chi connectivity index (χ4v) is 1.84. The molecule has 0 unspecified atom stereocenters. The van der Waals surface area contributed by atoms with Crippen molar-refractivity contribution in [2.45, 2.75) is 13.8 Å². The lowest BCUT2D eigenvalue weighted by atomic mass is 10.1. The van der Waals surface area contributed by atoms with E-state index in [0.717, 1.165) is 0 Å². The Morgan fingerprint density at radius 1 is 1.35 bits per heavy atom. The maximum Gasteiger partial charge on any atom is 0.221 e. The molecule has 20 heavy (non-hydrogen) atoms. The molecule has 5 heteroatoms. The summed E-state index contributed by atoms with van der Waals surface area (Å²) in [6.45, 7) is 3.86. The standard InChI is InChI=1S/C15H15NO4/c1-3-19-11-4-6-14(16-10(2)18)13(8-11)15-7-5-12(9-17)20-15/h4-9H,3H2,1-2H3,(H,16,18). The van der Waals surface area contributed by atoms with E-state index in [4.69, 9.17) is 9.15 Å². The van der Waals surface area contributed by atoms with Gasteiger partial charge in [-0.1, -0.05) is 0 Å². The highest BCUT2D eigenvalue weighted by Gasteiger charge is 2.12. The molecule has 0 atom stereocenters. The van der Waals surface area contributed by atoms with Crippen molar-refractivity contribution >= 4 is 17.9 Å². The second-order valence-corrected chi connectivity index (χ2v) is 4.14. The maximum atomic E-state index is 11.2. The second-order valence-electron chi connectivity index (χ2n) is 4.14. The van der Waals surface area contributed by atoms with E-state index in [-0.39, 0.29) is 11.7 Å². The first-order valence-electron chi connectivity index (χ1n) is 6.24. The van der Waals surface area contributed by atoms with Crippen LogP contribution in [-0.2, 0) is 4.79 Å². The Hall–Kier alpha value is -2.56. The van der Waals surface area contributed by atoms with Gasteiger partial charge in [-0.3, -0.25) is 9.59 Å². The van der Waals surface area contributed by atoms with Gasteiger partial charge in [0, 0.05) is 12.5 Å². The van der Waals surface area contributed by atoms with Gasteiger partial charge in [-0.15, -0.1) is 0 Å². The van der Waals surface area contributed by atoms with E-state index in [0.29, 0.717) is 35.7 Å². The molecule has 0 fully saturated rings. The molecular weight excluding hydrogens is 258 g/mol. The Kier molecular flexibility index (Phi) is 4.20. The van der Waals surface area contributed by atoms with E-state index in [1.54, 1.807) is 30.3 Å². The molecule has 2 aromatic rings. The number of benzene rings is 1. The van der Waals surface area contributed by atoms with Gasteiger partial charge in [-0.25, -0.2) is 0 Å². The molecule has 2 rings (SSSR count). The SMILES string of the molecule is CCOc1ccc(NC(C)=O)c(-c2ccc(C=O)o2)c1. The third-order valence-electron chi connectivity index (χ3n) is 2.62. The van der Waals surface area contributed by atoms with Crippen LogP contribution in [0.1, 0.15) is 24.4 Å². The Labute approximate surface area is 116 Å². The number of hydrogen-bond donors (Lipinski definition) is 1. The lowest BCUT2D eigenvalue weighted by molar-refractivity contribution is -0.114. The molecule has 1 amide bonds. The van der Waals surface area contributed by atoms with Crippen molar-refractivity contribution in [1.29, 1.82) is 0 Å². The van der Waals surface area contributed by atoms with Crippen molar-refractivity contribution in [2.24, 2.45) is 0 Å². The van der Waals surface area contributed by atoms with E-state index in [9.17, 15) is 9.59 Å². The number of rotatable bonds is 5. The third-order valence-corrected chi connectivity index (χ3v) is 2.62. The summed E-state index contributed by atoms with van der Waals surface area (Å²) >= 11 is 0. The van der Waals surface area contributed by atoms with Gasteiger partial charge in [0.05, 0.1) is 12.3 Å². The molecule has 0 aliphatic carbocycles. The number of furan rings is 1. The number of carbonyl (C=O) groups is 2. The molecule has 0 spiro atoms. The van der Waals surface area contributed by atoms with Crippen LogP contribution >= 0.6 is 0 Å². The number of aldehydes is 1. The van der Waals surface area contributed by atoms with Gasteiger partial charge in [0.2, 0.25) is 5.91 Å². The van der Waals surface area contributed by atoms with Crippen molar-refractivity contribution in [3.8, 4) is 17.1 Å². The minimum Gasteiger partial charge on any atom is -0.494 e. The first-order valence-corrected chi connectivity index (χ1v) is 6.24. The highest BCUT2D eigenvalue weighted by molar-refractivity contribution is 5.94.